The molecular formula is C17H26N2O. The Kier molecular flexibility index (Phi) is 6.06. The smallest absolute Gasteiger partial charge is 0.224 e. The van der Waals surface area contributed by atoms with Gasteiger partial charge in [-0.15, -0.1) is 0 Å². The highest BCUT2D eigenvalue weighted by Crippen LogP contribution is 2.19. The van der Waals surface area contributed by atoms with Gasteiger partial charge in [0.15, 0.2) is 0 Å². The second-order valence-corrected chi connectivity index (χ2v) is 5.62. The maximum Gasteiger partial charge on any atom is 0.224 e. The van der Waals surface area contributed by atoms with Crippen LogP contribution in [0.2, 0.25) is 0 Å². The Bertz CT molecular complexity index is 443. The number of carbonyl (C=O) groups is 1. The molecule has 1 heterocycles. The minimum absolute atomic E-state index is 0.144. The molecule has 2 N–H and O–H groups in total. The fourth-order valence-electron chi connectivity index (χ4n) is 2.67. The minimum atomic E-state index is 0.144. The standard InChI is InChI=1S/C17H26N2O/c1-2-3-4-5-6-7-17(20)19-16-9-8-14-10-11-18-13-15(14)12-16/h8-9,12,18H,2-7,10-11,13H2,1H3,(H,19,20). The molecule has 20 heavy (non-hydrogen) atoms. The SMILES string of the molecule is CCCCCCCC(=O)Nc1ccc2c(c1)CNCC2. The van der Waals surface area contributed by atoms with E-state index in [-0.39, 0.29) is 5.91 Å². The highest BCUT2D eigenvalue weighted by atomic mass is 16.1. The molecule has 1 aliphatic heterocycles. The number of carbonyl (C=O) groups excluding carboxylic acids is 1. The topological polar surface area (TPSA) is 41.1 Å². The summed E-state index contributed by atoms with van der Waals surface area (Å²) in [6.07, 6.45) is 7.65. The van der Waals surface area contributed by atoms with Crippen molar-refractivity contribution in [3.05, 3.63) is 29.3 Å². The van der Waals surface area contributed by atoms with Gasteiger partial charge in [0.2, 0.25) is 5.91 Å². The van der Waals surface area contributed by atoms with Crippen LogP contribution in [-0.2, 0) is 17.8 Å². The zero-order valence-corrected chi connectivity index (χ0v) is 12.5. The molecule has 3 heteroatoms. The number of unbranched alkanes of at least 4 members (excludes halogenated alkanes) is 4. The first kappa shape index (κ1) is 15.0. The van der Waals surface area contributed by atoms with Gasteiger partial charge in [0.05, 0.1) is 0 Å². The normalized spacial score (nSPS) is 13.8. The minimum Gasteiger partial charge on any atom is -0.326 e. The van der Waals surface area contributed by atoms with E-state index in [0.717, 1.165) is 38.0 Å². The summed E-state index contributed by atoms with van der Waals surface area (Å²) in [6, 6.07) is 6.28. The van der Waals surface area contributed by atoms with Gasteiger partial charge in [-0.25, -0.2) is 0 Å². The Hall–Kier alpha value is -1.35. The highest BCUT2D eigenvalue weighted by molar-refractivity contribution is 5.90. The quantitative estimate of drug-likeness (QED) is 0.745. The lowest BCUT2D eigenvalue weighted by molar-refractivity contribution is -0.116. The zero-order valence-electron chi connectivity index (χ0n) is 12.5. The molecule has 0 fully saturated rings. The van der Waals surface area contributed by atoms with E-state index in [1.807, 2.05) is 6.07 Å². The molecule has 0 bridgehead atoms. The van der Waals surface area contributed by atoms with E-state index in [2.05, 4.69) is 29.7 Å². The van der Waals surface area contributed by atoms with Crippen molar-refractivity contribution in [2.75, 3.05) is 11.9 Å². The number of hydrogen-bond acceptors (Lipinski definition) is 2. The van der Waals surface area contributed by atoms with E-state index in [9.17, 15) is 4.79 Å². The van der Waals surface area contributed by atoms with Gasteiger partial charge in [-0.1, -0.05) is 38.7 Å². The van der Waals surface area contributed by atoms with Crippen molar-refractivity contribution in [1.82, 2.24) is 5.32 Å². The lowest BCUT2D eigenvalue weighted by atomic mass is 10.0. The van der Waals surface area contributed by atoms with E-state index in [4.69, 9.17) is 0 Å². The molecule has 1 aromatic carbocycles. The van der Waals surface area contributed by atoms with Crippen molar-refractivity contribution in [2.24, 2.45) is 0 Å². The molecule has 0 radical (unpaired) electrons. The zero-order chi connectivity index (χ0) is 14.2. The average molecular weight is 274 g/mol. The first-order valence-electron chi connectivity index (χ1n) is 7.92. The van der Waals surface area contributed by atoms with E-state index in [0.29, 0.717) is 6.42 Å². The summed E-state index contributed by atoms with van der Waals surface area (Å²) in [5.41, 5.74) is 3.66. The molecule has 1 amide bonds. The second-order valence-electron chi connectivity index (χ2n) is 5.62. The third-order valence-electron chi connectivity index (χ3n) is 3.88. The Morgan fingerprint density at radius 1 is 1.20 bits per heavy atom. The molecule has 1 aliphatic rings. The van der Waals surface area contributed by atoms with Crippen LogP contribution in [0.4, 0.5) is 5.69 Å². The second kappa shape index (κ2) is 8.05. The summed E-state index contributed by atoms with van der Waals surface area (Å²) >= 11 is 0. The molecule has 0 spiro atoms. The maximum absolute atomic E-state index is 11.9. The fraction of sp³-hybridized carbons (Fsp3) is 0.588. The van der Waals surface area contributed by atoms with Gasteiger partial charge >= 0.3 is 0 Å². The van der Waals surface area contributed by atoms with Crippen LogP contribution in [0.5, 0.6) is 0 Å². The first-order chi connectivity index (χ1) is 9.79. The first-order valence-corrected chi connectivity index (χ1v) is 7.92. The summed E-state index contributed by atoms with van der Waals surface area (Å²) in [7, 11) is 0. The van der Waals surface area contributed by atoms with Crippen molar-refractivity contribution in [2.45, 2.75) is 58.4 Å². The van der Waals surface area contributed by atoms with Crippen LogP contribution in [0.1, 0.15) is 56.6 Å². The van der Waals surface area contributed by atoms with Gasteiger partial charge in [-0.05, 0) is 42.6 Å². The lowest BCUT2D eigenvalue weighted by Crippen LogP contribution is -2.23. The van der Waals surface area contributed by atoms with Crippen molar-refractivity contribution in [1.29, 1.82) is 0 Å². The number of nitrogens with one attached hydrogen (secondary N) is 2. The lowest BCUT2D eigenvalue weighted by Gasteiger charge is -2.18. The molecule has 110 valence electrons. The van der Waals surface area contributed by atoms with E-state index in [1.54, 1.807) is 0 Å². The largest absolute Gasteiger partial charge is 0.326 e. The van der Waals surface area contributed by atoms with Crippen molar-refractivity contribution < 1.29 is 4.79 Å². The van der Waals surface area contributed by atoms with Crippen molar-refractivity contribution in [3.8, 4) is 0 Å². The molecule has 3 nitrogen and oxygen atoms in total. The number of benzene rings is 1. The number of hydrogen-bond donors (Lipinski definition) is 2. The summed E-state index contributed by atoms with van der Waals surface area (Å²) in [4.78, 5) is 11.9. The van der Waals surface area contributed by atoms with Gasteiger partial charge in [-0.2, -0.15) is 0 Å². The van der Waals surface area contributed by atoms with Crippen LogP contribution in [-0.4, -0.2) is 12.5 Å². The van der Waals surface area contributed by atoms with Gasteiger partial charge in [0.25, 0.3) is 0 Å². The van der Waals surface area contributed by atoms with Crippen molar-refractivity contribution >= 4 is 11.6 Å². The molecule has 0 unspecified atom stereocenters. The average Bonchev–Trinajstić information content (AvgIpc) is 2.47. The van der Waals surface area contributed by atoms with Crippen LogP contribution < -0.4 is 10.6 Å². The van der Waals surface area contributed by atoms with Gasteiger partial charge in [0, 0.05) is 18.7 Å². The summed E-state index contributed by atoms with van der Waals surface area (Å²) in [5, 5.41) is 6.38. The van der Waals surface area contributed by atoms with Crippen LogP contribution in [0.3, 0.4) is 0 Å². The van der Waals surface area contributed by atoms with Crippen LogP contribution in [0, 0.1) is 0 Å². The van der Waals surface area contributed by atoms with Gasteiger partial charge in [-0.3, -0.25) is 4.79 Å². The van der Waals surface area contributed by atoms with E-state index >= 15 is 0 Å². The number of amides is 1. The Morgan fingerprint density at radius 3 is 2.90 bits per heavy atom. The number of fused-ring (bicyclic) bond motifs is 1. The summed E-state index contributed by atoms with van der Waals surface area (Å²) in [5.74, 6) is 0.144. The maximum atomic E-state index is 11.9. The van der Waals surface area contributed by atoms with Crippen LogP contribution in [0.25, 0.3) is 0 Å². The molecule has 0 atom stereocenters. The van der Waals surface area contributed by atoms with E-state index in [1.165, 1.54) is 30.4 Å². The highest BCUT2D eigenvalue weighted by Gasteiger charge is 2.10. The Labute approximate surface area is 122 Å². The third-order valence-corrected chi connectivity index (χ3v) is 3.88. The summed E-state index contributed by atoms with van der Waals surface area (Å²) in [6.45, 7) is 4.17. The van der Waals surface area contributed by atoms with Crippen LogP contribution >= 0.6 is 0 Å². The number of anilines is 1. The summed E-state index contributed by atoms with van der Waals surface area (Å²) < 4.78 is 0. The van der Waals surface area contributed by atoms with Gasteiger partial charge in [0.1, 0.15) is 0 Å². The third kappa shape index (κ3) is 4.64. The monoisotopic (exact) mass is 274 g/mol. The molecule has 2 rings (SSSR count). The molecule has 0 aromatic heterocycles. The van der Waals surface area contributed by atoms with Gasteiger partial charge < -0.3 is 10.6 Å². The number of rotatable bonds is 7. The molecule has 0 aliphatic carbocycles. The molecule has 1 aromatic rings. The van der Waals surface area contributed by atoms with Crippen molar-refractivity contribution in [3.63, 3.8) is 0 Å². The van der Waals surface area contributed by atoms with Crippen LogP contribution in [0.15, 0.2) is 18.2 Å². The Balaban J connectivity index is 1.76. The van der Waals surface area contributed by atoms with E-state index < -0.39 is 0 Å². The predicted molar refractivity (Wildman–Crippen MR) is 83.9 cm³/mol. The predicted octanol–water partition coefficient (Wildman–Crippen LogP) is 3.63. The molecule has 0 saturated carbocycles. The fourth-order valence-corrected chi connectivity index (χ4v) is 2.67. The Morgan fingerprint density at radius 2 is 2.05 bits per heavy atom. The molecular weight excluding hydrogens is 248 g/mol. The molecule has 0 saturated heterocycles.